The van der Waals surface area contributed by atoms with Gasteiger partial charge in [0.2, 0.25) is 5.43 Å². The molecule has 2 aromatic carbocycles. The third kappa shape index (κ3) is 3.20. The zero-order chi connectivity index (χ0) is 18.8. The van der Waals surface area contributed by atoms with Crippen molar-refractivity contribution >= 4 is 33.3 Å². The molecule has 0 atom stereocenters. The number of nitrogens with one attached hydrogen (secondary N) is 1. The van der Waals surface area contributed by atoms with Crippen LogP contribution in [0.3, 0.4) is 0 Å². The number of nitrogens with zero attached hydrogens (tertiary/aromatic N) is 1. The van der Waals surface area contributed by atoms with Gasteiger partial charge in [0.15, 0.2) is 5.13 Å². The van der Waals surface area contributed by atoms with Crippen LogP contribution in [0.1, 0.15) is 10.4 Å². The van der Waals surface area contributed by atoms with Crippen molar-refractivity contribution in [2.45, 2.75) is 0 Å². The Morgan fingerprint density at radius 2 is 1.93 bits per heavy atom. The van der Waals surface area contributed by atoms with Crippen molar-refractivity contribution in [2.75, 3.05) is 12.4 Å². The molecule has 6 nitrogen and oxygen atoms in total. The number of para-hydroxylation sites is 2. The Balaban J connectivity index is 1.62. The molecule has 0 aliphatic rings. The lowest BCUT2D eigenvalue weighted by molar-refractivity contribution is 0.102. The van der Waals surface area contributed by atoms with E-state index in [4.69, 9.17) is 9.15 Å². The van der Waals surface area contributed by atoms with E-state index in [1.54, 1.807) is 31.4 Å². The fourth-order valence-electron chi connectivity index (χ4n) is 2.71. The number of fused-ring (bicyclic) bond motifs is 1. The van der Waals surface area contributed by atoms with Crippen LogP contribution in [0, 0.1) is 0 Å². The van der Waals surface area contributed by atoms with E-state index in [0.29, 0.717) is 27.5 Å². The maximum absolute atomic E-state index is 12.5. The van der Waals surface area contributed by atoms with E-state index in [0.717, 1.165) is 5.56 Å². The lowest BCUT2D eigenvalue weighted by Crippen LogP contribution is -2.21. The predicted octanol–water partition coefficient (Wildman–Crippen LogP) is 4.18. The van der Waals surface area contributed by atoms with Gasteiger partial charge in [0.1, 0.15) is 23.2 Å². The molecule has 0 bridgehead atoms. The Morgan fingerprint density at radius 1 is 1.15 bits per heavy atom. The van der Waals surface area contributed by atoms with E-state index in [2.05, 4.69) is 10.3 Å². The summed E-state index contributed by atoms with van der Waals surface area (Å²) in [4.78, 5) is 29.5. The van der Waals surface area contributed by atoms with E-state index in [1.165, 1.54) is 17.6 Å². The highest BCUT2D eigenvalue weighted by Crippen LogP contribution is 2.31. The molecule has 2 aromatic heterocycles. The van der Waals surface area contributed by atoms with Crippen LogP contribution in [0.5, 0.6) is 5.75 Å². The van der Waals surface area contributed by atoms with E-state index in [9.17, 15) is 9.59 Å². The zero-order valence-electron chi connectivity index (χ0n) is 14.3. The third-order valence-corrected chi connectivity index (χ3v) is 4.79. The van der Waals surface area contributed by atoms with Crippen LogP contribution in [0.25, 0.3) is 22.2 Å². The molecular weight excluding hydrogens is 364 g/mol. The van der Waals surface area contributed by atoms with Crippen LogP contribution < -0.4 is 15.5 Å². The fourth-order valence-corrected chi connectivity index (χ4v) is 3.42. The van der Waals surface area contributed by atoms with Crippen LogP contribution in [0.4, 0.5) is 5.13 Å². The first-order valence-electron chi connectivity index (χ1n) is 8.08. The first-order valence-corrected chi connectivity index (χ1v) is 8.96. The summed E-state index contributed by atoms with van der Waals surface area (Å²) < 4.78 is 10.7. The number of hydrogen-bond donors (Lipinski definition) is 1. The molecular formula is C20H14N2O4S. The predicted molar refractivity (Wildman–Crippen MR) is 105 cm³/mol. The van der Waals surface area contributed by atoms with Crippen molar-refractivity contribution in [2.24, 2.45) is 0 Å². The standard InChI is InChI=1S/C20H14N2O4S/c1-25-16-8-4-2-6-12(16)15-11-27-20(21-15)22-19(24)14-10-26-17-9-5-3-7-13(17)18(14)23/h2-11H,1H3,(H,21,22,24). The van der Waals surface area contributed by atoms with Crippen molar-refractivity contribution in [3.8, 4) is 17.0 Å². The molecule has 134 valence electrons. The largest absolute Gasteiger partial charge is 0.496 e. The molecule has 1 amide bonds. The molecule has 4 rings (SSSR count). The first-order chi connectivity index (χ1) is 13.2. The number of carbonyl (C=O) groups is 1. The van der Waals surface area contributed by atoms with E-state index >= 15 is 0 Å². The molecule has 27 heavy (non-hydrogen) atoms. The van der Waals surface area contributed by atoms with Gasteiger partial charge in [-0.2, -0.15) is 0 Å². The number of ether oxygens (including phenoxy) is 1. The van der Waals surface area contributed by atoms with Gasteiger partial charge in [-0.05, 0) is 24.3 Å². The first kappa shape index (κ1) is 17.0. The fraction of sp³-hybridized carbons (Fsp3) is 0.0500. The minimum atomic E-state index is -0.560. The van der Waals surface area contributed by atoms with Crippen molar-refractivity contribution in [1.29, 1.82) is 0 Å². The summed E-state index contributed by atoms with van der Waals surface area (Å²) in [5.74, 6) is 0.131. The van der Waals surface area contributed by atoms with Gasteiger partial charge >= 0.3 is 0 Å². The maximum Gasteiger partial charge on any atom is 0.264 e. The average Bonchev–Trinajstić information content (AvgIpc) is 3.16. The highest BCUT2D eigenvalue weighted by Gasteiger charge is 2.16. The number of aromatic nitrogens is 1. The zero-order valence-corrected chi connectivity index (χ0v) is 15.1. The number of thiazole rings is 1. The molecule has 0 unspecified atom stereocenters. The summed E-state index contributed by atoms with van der Waals surface area (Å²) >= 11 is 1.26. The van der Waals surface area contributed by atoms with E-state index in [-0.39, 0.29) is 11.0 Å². The smallest absolute Gasteiger partial charge is 0.264 e. The number of anilines is 1. The molecule has 2 heterocycles. The molecule has 0 saturated heterocycles. The lowest BCUT2D eigenvalue weighted by atomic mass is 10.1. The molecule has 0 radical (unpaired) electrons. The van der Waals surface area contributed by atoms with Gasteiger partial charge in [-0.15, -0.1) is 11.3 Å². The molecule has 1 N–H and O–H groups in total. The van der Waals surface area contributed by atoms with Gasteiger partial charge in [-0.25, -0.2) is 4.98 Å². The van der Waals surface area contributed by atoms with Gasteiger partial charge in [0.05, 0.1) is 18.2 Å². The molecule has 0 spiro atoms. The van der Waals surface area contributed by atoms with Gasteiger partial charge in [0.25, 0.3) is 5.91 Å². The molecule has 4 aromatic rings. The topological polar surface area (TPSA) is 81.4 Å². The van der Waals surface area contributed by atoms with Crippen LogP contribution in [0.2, 0.25) is 0 Å². The van der Waals surface area contributed by atoms with Gasteiger partial charge < -0.3 is 9.15 Å². The maximum atomic E-state index is 12.5. The van der Waals surface area contributed by atoms with Gasteiger partial charge in [-0.3, -0.25) is 14.9 Å². The summed E-state index contributed by atoms with van der Waals surface area (Å²) in [5.41, 5.74) is 1.49. The number of methoxy groups -OCH3 is 1. The summed E-state index contributed by atoms with van der Waals surface area (Å²) in [6, 6.07) is 14.3. The minimum absolute atomic E-state index is 0.0669. The lowest BCUT2D eigenvalue weighted by Gasteiger charge is -2.05. The van der Waals surface area contributed by atoms with Crippen molar-refractivity contribution < 1.29 is 13.9 Å². The van der Waals surface area contributed by atoms with E-state index in [1.807, 2.05) is 29.6 Å². The Morgan fingerprint density at radius 3 is 2.78 bits per heavy atom. The average molecular weight is 378 g/mol. The normalized spacial score (nSPS) is 10.7. The number of amides is 1. The summed E-state index contributed by atoms with van der Waals surface area (Å²) in [7, 11) is 1.59. The summed E-state index contributed by atoms with van der Waals surface area (Å²) in [5, 5.41) is 5.22. The Hall–Kier alpha value is -3.45. The number of hydrogen-bond acceptors (Lipinski definition) is 6. The van der Waals surface area contributed by atoms with Crippen LogP contribution >= 0.6 is 11.3 Å². The molecule has 0 aliphatic heterocycles. The van der Waals surface area contributed by atoms with Crippen molar-refractivity contribution in [3.05, 3.63) is 76.0 Å². The molecule has 7 heteroatoms. The van der Waals surface area contributed by atoms with Gasteiger partial charge in [0, 0.05) is 10.9 Å². The SMILES string of the molecule is COc1ccccc1-c1csc(NC(=O)c2coc3ccccc3c2=O)n1. The molecule has 0 aliphatic carbocycles. The van der Waals surface area contributed by atoms with Crippen molar-refractivity contribution in [3.63, 3.8) is 0 Å². The minimum Gasteiger partial charge on any atom is -0.496 e. The van der Waals surface area contributed by atoms with Crippen LogP contribution in [-0.4, -0.2) is 18.0 Å². The quantitative estimate of drug-likeness (QED) is 0.576. The second-order valence-corrected chi connectivity index (χ2v) is 6.53. The van der Waals surface area contributed by atoms with Crippen molar-refractivity contribution in [1.82, 2.24) is 4.98 Å². The van der Waals surface area contributed by atoms with Crippen LogP contribution in [-0.2, 0) is 0 Å². The Kier molecular flexibility index (Phi) is 4.43. The number of rotatable bonds is 4. The highest BCUT2D eigenvalue weighted by molar-refractivity contribution is 7.14. The summed E-state index contributed by atoms with van der Waals surface area (Å²) in [6.07, 6.45) is 1.18. The Labute approximate surface area is 158 Å². The Bertz CT molecular complexity index is 1200. The highest BCUT2D eigenvalue weighted by atomic mass is 32.1. The molecule has 0 saturated carbocycles. The van der Waals surface area contributed by atoms with Gasteiger partial charge in [-0.1, -0.05) is 24.3 Å². The number of carbonyl (C=O) groups excluding carboxylic acids is 1. The second-order valence-electron chi connectivity index (χ2n) is 5.67. The third-order valence-electron chi connectivity index (χ3n) is 4.03. The van der Waals surface area contributed by atoms with Crippen LogP contribution in [0.15, 0.2) is 69.4 Å². The molecule has 0 fully saturated rings. The van der Waals surface area contributed by atoms with E-state index < -0.39 is 5.91 Å². The second kappa shape index (κ2) is 7.05. The monoisotopic (exact) mass is 378 g/mol. The number of benzene rings is 2. The summed E-state index contributed by atoms with van der Waals surface area (Å²) in [6.45, 7) is 0.